The molecule has 0 spiro atoms. The summed E-state index contributed by atoms with van der Waals surface area (Å²) >= 11 is 9.32. The predicted molar refractivity (Wildman–Crippen MR) is 72.3 cm³/mol. The summed E-state index contributed by atoms with van der Waals surface area (Å²) in [6, 6.07) is 5.16. The summed E-state index contributed by atoms with van der Waals surface area (Å²) in [6.45, 7) is 0. The fourth-order valence-electron chi connectivity index (χ4n) is 1.25. The van der Waals surface area contributed by atoms with Crippen molar-refractivity contribution < 1.29 is 4.74 Å². The predicted octanol–water partition coefficient (Wildman–Crippen LogP) is 2.97. The van der Waals surface area contributed by atoms with Crippen LogP contribution in [0, 0.1) is 5.41 Å². The van der Waals surface area contributed by atoms with Crippen LogP contribution in [-0.2, 0) is 0 Å². The molecule has 0 saturated heterocycles. The van der Waals surface area contributed by atoms with Crippen molar-refractivity contribution in [1.82, 2.24) is 9.97 Å². The van der Waals surface area contributed by atoms with Gasteiger partial charge >= 0.3 is 0 Å². The highest BCUT2D eigenvalue weighted by Crippen LogP contribution is 2.31. The van der Waals surface area contributed by atoms with E-state index in [1.54, 1.807) is 18.2 Å². The lowest BCUT2D eigenvalue weighted by molar-refractivity contribution is 0.459. The first-order valence-corrected chi connectivity index (χ1v) is 6.03. The highest BCUT2D eigenvalue weighted by molar-refractivity contribution is 9.10. The van der Waals surface area contributed by atoms with Gasteiger partial charge in [-0.3, -0.25) is 5.41 Å². The van der Waals surface area contributed by atoms with E-state index in [0.29, 0.717) is 10.8 Å². The first-order valence-electron chi connectivity index (χ1n) is 4.86. The molecule has 0 bridgehead atoms. The Balaban J connectivity index is 2.37. The highest BCUT2D eigenvalue weighted by atomic mass is 79.9. The summed E-state index contributed by atoms with van der Waals surface area (Å²) in [5, 5.41) is 7.81. The van der Waals surface area contributed by atoms with E-state index < -0.39 is 0 Å². The molecule has 3 N–H and O–H groups in total. The molecule has 0 fully saturated rings. The van der Waals surface area contributed by atoms with Crippen LogP contribution in [-0.4, -0.2) is 15.8 Å². The molecular weight excluding hydrogens is 320 g/mol. The number of hydrogen-bond acceptors (Lipinski definition) is 4. The molecule has 1 heterocycles. The minimum absolute atomic E-state index is 0.147. The van der Waals surface area contributed by atoms with Crippen molar-refractivity contribution in [3.8, 4) is 11.6 Å². The Labute approximate surface area is 117 Å². The van der Waals surface area contributed by atoms with Gasteiger partial charge in [0.15, 0.2) is 5.69 Å². The van der Waals surface area contributed by atoms with Crippen molar-refractivity contribution in [3.63, 3.8) is 0 Å². The summed E-state index contributed by atoms with van der Waals surface area (Å²) in [6.07, 6.45) is 2.89. The van der Waals surface area contributed by atoms with E-state index in [9.17, 15) is 0 Å². The Hall–Kier alpha value is -1.66. The van der Waals surface area contributed by atoms with Gasteiger partial charge in [-0.2, -0.15) is 0 Å². The third kappa shape index (κ3) is 2.77. The third-order valence-corrected chi connectivity index (χ3v) is 2.81. The Morgan fingerprint density at radius 3 is 2.72 bits per heavy atom. The van der Waals surface area contributed by atoms with Crippen LogP contribution in [0.2, 0.25) is 5.02 Å². The SMILES string of the molecule is N=C(N)c1nccnc1Oc1ccc(Br)cc1Cl. The molecule has 0 atom stereocenters. The Bertz CT molecular complexity index is 605. The maximum absolute atomic E-state index is 7.38. The van der Waals surface area contributed by atoms with E-state index in [1.807, 2.05) is 0 Å². The zero-order valence-electron chi connectivity index (χ0n) is 9.02. The number of amidine groups is 1. The van der Waals surface area contributed by atoms with E-state index in [0.717, 1.165) is 4.47 Å². The first-order chi connectivity index (χ1) is 8.58. The Kier molecular flexibility index (Phi) is 3.78. The van der Waals surface area contributed by atoms with Gasteiger partial charge in [-0.15, -0.1) is 0 Å². The maximum atomic E-state index is 7.38. The zero-order chi connectivity index (χ0) is 13.1. The van der Waals surface area contributed by atoms with Crippen molar-refractivity contribution in [2.45, 2.75) is 0 Å². The smallest absolute Gasteiger partial charge is 0.249 e. The monoisotopic (exact) mass is 326 g/mol. The number of nitrogen functional groups attached to an aromatic ring is 1. The molecule has 0 aliphatic carbocycles. The van der Waals surface area contributed by atoms with Crippen LogP contribution in [0.4, 0.5) is 0 Å². The second-order valence-electron chi connectivity index (χ2n) is 3.30. The average Bonchev–Trinajstić information content (AvgIpc) is 2.33. The van der Waals surface area contributed by atoms with Crippen LogP contribution in [0.5, 0.6) is 11.6 Å². The number of halogens is 2. The third-order valence-electron chi connectivity index (χ3n) is 2.02. The van der Waals surface area contributed by atoms with Crippen LogP contribution < -0.4 is 10.5 Å². The van der Waals surface area contributed by atoms with Crippen molar-refractivity contribution >= 4 is 33.4 Å². The summed E-state index contributed by atoms with van der Waals surface area (Å²) in [5.41, 5.74) is 5.57. The van der Waals surface area contributed by atoms with Gasteiger partial charge in [-0.05, 0) is 18.2 Å². The van der Waals surface area contributed by atoms with E-state index in [2.05, 4.69) is 25.9 Å². The summed E-state index contributed by atoms with van der Waals surface area (Å²) in [7, 11) is 0. The van der Waals surface area contributed by atoms with Gasteiger partial charge in [-0.25, -0.2) is 9.97 Å². The van der Waals surface area contributed by atoms with Gasteiger partial charge in [0.1, 0.15) is 11.6 Å². The molecule has 0 aliphatic rings. The first kappa shape index (κ1) is 12.8. The van der Waals surface area contributed by atoms with Crippen molar-refractivity contribution in [1.29, 1.82) is 5.41 Å². The summed E-state index contributed by atoms with van der Waals surface area (Å²) in [4.78, 5) is 7.92. The molecule has 1 aromatic heterocycles. The fraction of sp³-hybridized carbons (Fsp3) is 0. The normalized spacial score (nSPS) is 10.1. The molecule has 5 nitrogen and oxygen atoms in total. The molecule has 0 aliphatic heterocycles. The number of nitrogens with one attached hydrogen (secondary N) is 1. The fourth-order valence-corrected chi connectivity index (χ4v) is 1.96. The van der Waals surface area contributed by atoms with Gasteiger partial charge in [0.05, 0.1) is 5.02 Å². The molecule has 0 unspecified atom stereocenters. The van der Waals surface area contributed by atoms with Crippen molar-refractivity contribution in [3.05, 3.63) is 45.8 Å². The van der Waals surface area contributed by atoms with Gasteiger partial charge in [0.2, 0.25) is 5.88 Å². The summed E-state index contributed by atoms with van der Waals surface area (Å²) < 4.78 is 6.35. The quantitative estimate of drug-likeness (QED) is 0.670. The molecule has 7 heteroatoms. The van der Waals surface area contributed by atoms with Crippen LogP contribution >= 0.6 is 27.5 Å². The number of rotatable bonds is 3. The van der Waals surface area contributed by atoms with Crippen LogP contribution in [0.25, 0.3) is 0 Å². The minimum atomic E-state index is -0.216. The second-order valence-corrected chi connectivity index (χ2v) is 4.62. The highest BCUT2D eigenvalue weighted by Gasteiger charge is 2.12. The Morgan fingerprint density at radius 1 is 1.33 bits per heavy atom. The zero-order valence-corrected chi connectivity index (χ0v) is 11.4. The average molecular weight is 328 g/mol. The number of ether oxygens (including phenoxy) is 1. The number of nitrogens with zero attached hydrogens (tertiary/aromatic N) is 2. The maximum Gasteiger partial charge on any atom is 0.249 e. The van der Waals surface area contributed by atoms with Crippen LogP contribution in [0.15, 0.2) is 35.1 Å². The van der Waals surface area contributed by atoms with Gasteiger partial charge < -0.3 is 10.5 Å². The molecular formula is C11H8BrClN4O. The van der Waals surface area contributed by atoms with Gasteiger partial charge in [0.25, 0.3) is 0 Å². The van der Waals surface area contributed by atoms with Crippen LogP contribution in [0.1, 0.15) is 5.69 Å². The molecule has 92 valence electrons. The Morgan fingerprint density at radius 2 is 2.06 bits per heavy atom. The molecule has 0 amide bonds. The van der Waals surface area contributed by atoms with E-state index >= 15 is 0 Å². The van der Waals surface area contributed by atoms with Crippen molar-refractivity contribution in [2.75, 3.05) is 0 Å². The van der Waals surface area contributed by atoms with E-state index in [-0.39, 0.29) is 17.4 Å². The molecule has 0 radical (unpaired) electrons. The standard InChI is InChI=1S/C11H8BrClN4O/c12-6-1-2-8(7(13)5-6)18-11-9(10(14)15)16-3-4-17-11/h1-5H,(H3,14,15). The molecule has 2 rings (SSSR count). The number of hydrogen-bond donors (Lipinski definition) is 2. The summed E-state index contributed by atoms with van der Waals surface area (Å²) in [5.74, 6) is 0.350. The lowest BCUT2D eigenvalue weighted by Gasteiger charge is -2.09. The number of nitrogens with two attached hydrogens (primary N) is 1. The van der Waals surface area contributed by atoms with Crippen molar-refractivity contribution in [2.24, 2.45) is 5.73 Å². The lowest BCUT2D eigenvalue weighted by Crippen LogP contribution is -2.15. The van der Waals surface area contributed by atoms with E-state index in [4.69, 9.17) is 27.5 Å². The molecule has 1 aromatic carbocycles. The number of benzene rings is 1. The molecule has 18 heavy (non-hydrogen) atoms. The molecule has 0 saturated carbocycles. The molecule has 2 aromatic rings. The number of aromatic nitrogens is 2. The van der Waals surface area contributed by atoms with Crippen LogP contribution in [0.3, 0.4) is 0 Å². The van der Waals surface area contributed by atoms with Gasteiger partial charge in [-0.1, -0.05) is 27.5 Å². The largest absolute Gasteiger partial charge is 0.435 e. The van der Waals surface area contributed by atoms with Gasteiger partial charge in [0, 0.05) is 16.9 Å². The topological polar surface area (TPSA) is 84.9 Å². The second kappa shape index (κ2) is 5.32. The lowest BCUT2D eigenvalue weighted by atomic mass is 10.3. The minimum Gasteiger partial charge on any atom is -0.435 e. The van der Waals surface area contributed by atoms with E-state index in [1.165, 1.54) is 12.4 Å².